The monoisotopic (exact) mass is 383 g/mol. The molecule has 1 N–H and O–H groups in total. The van der Waals surface area contributed by atoms with Crippen LogP contribution in [0.3, 0.4) is 0 Å². The van der Waals surface area contributed by atoms with Gasteiger partial charge in [0.15, 0.2) is 0 Å². The van der Waals surface area contributed by atoms with Gasteiger partial charge < -0.3 is 19.7 Å². The zero-order chi connectivity index (χ0) is 19.9. The number of nitrogens with zero attached hydrogens (tertiary/aromatic N) is 4. The molecule has 1 aliphatic carbocycles. The molecule has 0 unspecified atom stereocenters. The van der Waals surface area contributed by atoms with Crippen LogP contribution in [0.5, 0.6) is 11.5 Å². The van der Waals surface area contributed by atoms with E-state index >= 15 is 0 Å². The normalized spacial score (nSPS) is 14.4. The zero-order valence-corrected chi connectivity index (χ0v) is 16.9. The lowest BCUT2D eigenvalue weighted by atomic mass is 9.94. The number of hydrogen-bond donors (Lipinski definition) is 1. The lowest BCUT2D eigenvalue weighted by molar-refractivity contribution is 0.395. The average Bonchev–Trinajstić information content (AvgIpc) is 2.72. The minimum Gasteiger partial charge on any atom is -0.497 e. The van der Waals surface area contributed by atoms with Crippen molar-refractivity contribution in [3.63, 3.8) is 0 Å². The first-order valence-corrected chi connectivity index (χ1v) is 9.74. The standard InChI is InChI=1S/C21H29N5O2/c1-5-13-26(16-9-7-6-8-10-16)21-23-15(2)22-20(25-21)24-18-12-11-17(27-3)14-19(18)28-4/h5,11-12,14,16H,1,6-10,13H2,2-4H3,(H,22,23,24,25). The van der Waals surface area contributed by atoms with Crippen molar-refractivity contribution >= 4 is 17.6 Å². The second kappa shape index (κ2) is 9.39. The first-order valence-electron chi connectivity index (χ1n) is 9.74. The molecule has 1 heterocycles. The highest BCUT2D eigenvalue weighted by Crippen LogP contribution is 2.31. The third-order valence-electron chi connectivity index (χ3n) is 4.99. The van der Waals surface area contributed by atoms with Crippen LogP contribution in [0, 0.1) is 6.92 Å². The van der Waals surface area contributed by atoms with Gasteiger partial charge in [-0.3, -0.25) is 0 Å². The number of rotatable bonds is 8. The summed E-state index contributed by atoms with van der Waals surface area (Å²) in [5, 5.41) is 3.26. The molecule has 3 rings (SSSR count). The molecule has 1 saturated carbocycles. The lowest BCUT2D eigenvalue weighted by Crippen LogP contribution is -2.38. The highest BCUT2D eigenvalue weighted by Gasteiger charge is 2.23. The summed E-state index contributed by atoms with van der Waals surface area (Å²) in [6.07, 6.45) is 8.03. The Morgan fingerprint density at radius 3 is 2.61 bits per heavy atom. The Bertz CT molecular complexity index is 805. The van der Waals surface area contributed by atoms with Crippen molar-refractivity contribution in [1.29, 1.82) is 0 Å². The Hall–Kier alpha value is -2.83. The molecule has 1 aromatic heterocycles. The molecule has 0 amide bonds. The zero-order valence-electron chi connectivity index (χ0n) is 16.9. The van der Waals surface area contributed by atoms with Crippen molar-refractivity contribution in [3.8, 4) is 11.5 Å². The molecule has 150 valence electrons. The van der Waals surface area contributed by atoms with E-state index in [0.29, 0.717) is 29.5 Å². The van der Waals surface area contributed by atoms with Crippen molar-refractivity contribution in [2.75, 3.05) is 31.0 Å². The van der Waals surface area contributed by atoms with Crippen molar-refractivity contribution in [1.82, 2.24) is 15.0 Å². The molecule has 7 heteroatoms. The summed E-state index contributed by atoms with van der Waals surface area (Å²) < 4.78 is 10.7. The first kappa shape index (κ1) is 19.9. The Labute approximate surface area is 166 Å². The highest BCUT2D eigenvalue weighted by atomic mass is 16.5. The number of aromatic nitrogens is 3. The summed E-state index contributed by atoms with van der Waals surface area (Å²) in [4.78, 5) is 16.0. The van der Waals surface area contributed by atoms with E-state index in [9.17, 15) is 0 Å². The van der Waals surface area contributed by atoms with Crippen LogP contribution in [-0.4, -0.2) is 41.8 Å². The summed E-state index contributed by atoms with van der Waals surface area (Å²) in [7, 11) is 3.25. The van der Waals surface area contributed by atoms with Gasteiger partial charge in [-0.05, 0) is 31.9 Å². The molecule has 1 aliphatic rings. The van der Waals surface area contributed by atoms with Crippen LogP contribution >= 0.6 is 0 Å². The number of hydrogen-bond acceptors (Lipinski definition) is 7. The predicted molar refractivity (Wildman–Crippen MR) is 112 cm³/mol. The summed E-state index contributed by atoms with van der Waals surface area (Å²) in [6, 6.07) is 6.02. The van der Waals surface area contributed by atoms with Crippen LogP contribution in [0.1, 0.15) is 37.9 Å². The van der Waals surface area contributed by atoms with E-state index < -0.39 is 0 Å². The van der Waals surface area contributed by atoms with Crippen molar-refractivity contribution in [2.45, 2.75) is 45.1 Å². The van der Waals surface area contributed by atoms with E-state index in [1.807, 2.05) is 31.2 Å². The summed E-state index contributed by atoms with van der Waals surface area (Å²) >= 11 is 0. The van der Waals surface area contributed by atoms with E-state index in [2.05, 4.69) is 26.8 Å². The number of methoxy groups -OCH3 is 2. The van der Waals surface area contributed by atoms with E-state index in [1.165, 1.54) is 19.3 Å². The fourth-order valence-electron chi connectivity index (χ4n) is 3.60. The maximum absolute atomic E-state index is 5.46. The number of ether oxygens (including phenoxy) is 2. The molecule has 0 saturated heterocycles. The van der Waals surface area contributed by atoms with E-state index in [1.54, 1.807) is 14.2 Å². The average molecular weight is 383 g/mol. The summed E-state index contributed by atoms with van der Waals surface area (Å²) in [5.41, 5.74) is 0.771. The Morgan fingerprint density at radius 1 is 1.14 bits per heavy atom. The van der Waals surface area contributed by atoms with Gasteiger partial charge in [-0.25, -0.2) is 0 Å². The largest absolute Gasteiger partial charge is 0.497 e. The van der Waals surface area contributed by atoms with Gasteiger partial charge in [0.2, 0.25) is 11.9 Å². The van der Waals surface area contributed by atoms with Gasteiger partial charge in [-0.15, -0.1) is 6.58 Å². The maximum atomic E-state index is 5.46. The molecule has 28 heavy (non-hydrogen) atoms. The van der Waals surface area contributed by atoms with Gasteiger partial charge in [0.25, 0.3) is 0 Å². The lowest BCUT2D eigenvalue weighted by Gasteiger charge is -2.33. The fourth-order valence-corrected chi connectivity index (χ4v) is 3.60. The molecule has 0 aliphatic heterocycles. The Kier molecular flexibility index (Phi) is 6.68. The quantitative estimate of drug-likeness (QED) is 0.683. The first-order chi connectivity index (χ1) is 13.6. The summed E-state index contributed by atoms with van der Waals surface area (Å²) in [5.74, 6) is 3.24. The van der Waals surface area contributed by atoms with E-state index in [-0.39, 0.29) is 0 Å². The molecule has 0 bridgehead atoms. The third kappa shape index (κ3) is 4.71. The van der Waals surface area contributed by atoms with E-state index in [4.69, 9.17) is 14.5 Å². The SMILES string of the molecule is C=CCN(c1nc(C)nc(Nc2ccc(OC)cc2OC)n1)C1CCCCC1. The number of nitrogens with one attached hydrogen (secondary N) is 1. The molecule has 0 atom stereocenters. The second-order valence-corrected chi connectivity index (χ2v) is 6.93. The molecule has 7 nitrogen and oxygen atoms in total. The number of anilines is 3. The molecular weight excluding hydrogens is 354 g/mol. The van der Waals surface area contributed by atoms with Crippen LogP contribution in [0.15, 0.2) is 30.9 Å². The molecule has 1 aromatic carbocycles. The molecule has 1 fully saturated rings. The van der Waals surface area contributed by atoms with Gasteiger partial charge in [-0.1, -0.05) is 25.3 Å². The maximum Gasteiger partial charge on any atom is 0.232 e. The van der Waals surface area contributed by atoms with Crippen LogP contribution in [0.2, 0.25) is 0 Å². The highest BCUT2D eigenvalue weighted by molar-refractivity contribution is 5.64. The van der Waals surface area contributed by atoms with Gasteiger partial charge in [0, 0.05) is 18.7 Å². The van der Waals surface area contributed by atoms with Crippen molar-refractivity contribution < 1.29 is 9.47 Å². The second-order valence-electron chi connectivity index (χ2n) is 6.93. The van der Waals surface area contributed by atoms with Crippen LogP contribution < -0.4 is 19.7 Å². The minimum atomic E-state index is 0.442. The van der Waals surface area contributed by atoms with Crippen molar-refractivity contribution in [2.24, 2.45) is 0 Å². The van der Waals surface area contributed by atoms with Gasteiger partial charge >= 0.3 is 0 Å². The van der Waals surface area contributed by atoms with Gasteiger partial charge in [0.1, 0.15) is 17.3 Å². The Balaban J connectivity index is 1.89. The minimum absolute atomic E-state index is 0.442. The molecule has 0 radical (unpaired) electrons. The smallest absolute Gasteiger partial charge is 0.232 e. The summed E-state index contributed by atoms with van der Waals surface area (Å²) in [6.45, 7) is 6.52. The van der Waals surface area contributed by atoms with Gasteiger partial charge in [-0.2, -0.15) is 15.0 Å². The van der Waals surface area contributed by atoms with Gasteiger partial charge in [0.05, 0.1) is 19.9 Å². The number of benzene rings is 1. The van der Waals surface area contributed by atoms with Crippen LogP contribution in [0.25, 0.3) is 0 Å². The fraction of sp³-hybridized carbons (Fsp3) is 0.476. The molecule has 2 aromatic rings. The van der Waals surface area contributed by atoms with Crippen LogP contribution in [0.4, 0.5) is 17.6 Å². The predicted octanol–water partition coefficient (Wildman–Crippen LogP) is 4.27. The Morgan fingerprint density at radius 2 is 1.93 bits per heavy atom. The van der Waals surface area contributed by atoms with Crippen molar-refractivity contribution in [3.05, 3.63) is 36.7 Å². The molecular formula is C21H29N5O2. The number of aryl methyl sites for hydroxylation is 1. The third-order valence-corrected chi connectivity index (χ3v) is 4.99. The van der Waals surface area contributed by atoms with Crippen LogP contribution in [-0.2, 0) is 0 Å². The topological polar surface area (TPSA) is 72.4 Å². The van der Waals surface area contributed by atoms with E-state index in [0.717, 1.165) is 30.8 Å². The molecule has 0 spiro atoms.